The zero-order valence-electron chi connectivity index (χ0n) is 14.2. The van der Waals surface area contributed by atoms with E-state index in [1.165, 1.54) is 18.4 Å². The van der Waals surface area contributed by atoms with Crippen molar-refractivity contribution in [3.63, 3.8) is 0 Å². The average molecular weight is 292 g/mol. The smallest absolute Gasteiger partial charge is 0.223 e. The van der Waals surface area contributed by atoms with Gasteiger partial charge in [0.1, 0.15) is 0 Å². The standard InChI is InChI=1S/C18H32N2O/c1-14(15-6-5-9-19-13-15)12-17(21)20-10-7-16(8-11-20)18(2,3)4/h7,14-15,19H,5-6,8-13H2,1-4H3. The Balaban J connectivity index is 1.83. The van der Waals surface area contributed by atoms with E-state index in [2.05, 4.69) is 39.1 Å². The van der Waals surface area contributed by atoms with Crippen molar-refractivity contribution in [3.8, 4) is 0 Å². The second-order valence-electron chi connectivity index (χ2n) is 7.86. The summed E-state index contributed by atoms with van der Waals surface area (Å²) in [6.45, 7) is 13.0. The lowest BCUT2D eigenvalue weighted by Gasteiger charge is -2.34. The third-order valence-corrected chi connectivity index (χ3v) is 5.16. The normalized spacial score (nSPS) is 25.4. The lowest BCUT2D eigenvalue weighted by Crippen LogP contribution is -2.39. The number of nitrogens with one attached hydrogen (secondary N) is 1. The summed E-state index contributed by atoms with van der Waals surface area (Å²) < 4.78 is 0. The van der Waals surface area contributed by atoms with E-state index in [-0.39, 0.29) is 5.41 Å². The van der Waals surface area contributed by atoms with E-state index >= 15 is 0 Å². The molecule has 0 aliphatic carbocycles. The molecule has 2 aliphatic heterocycles. The van der Waals surface area contributed by atoms with Crippen LogP contribution in [0.5, 0.6) is 0 Å². The van der Waals surface area contributed by atoms with Gasteiger partial charge in [0, 0.05) is 19.5 Å². The van der Waals surface area contributed by atoms with Crippen molar-refractivity contribution in [1.82, 2.24) is 10.2 Å². The molecule has 1 fully saturated rings. The first-order chi connectivity index (χ1) is 9.88. The van der Waals surface area contributed by atoms with Gasteiger partial charge in [0.25, 0.3) is 0 Å². The van der Waals surface area contributed by atoms with Gasteiger partial charge in [0.2, 0.25) is 5.91 Å². The van der Waals surface area contributed by atoms with Crippen molar-refractivity contribution in [1.29, 1.82) is 0 Å². The minimum Gasteiger partial charge on any atom is -0.339 e. The summed E-state index contributed by atoms with van der Waals surface area (Å²) in [7, 11) is 0. The lowest BCUT2D eigenvalue weighted by atomic mass is 9.82. The van der Waals surface area contributed by atoms with Crippen LogP contribution in [-0.2, 0) is 4.79 Å². The number of carbonyl (C=O) groups excluding carboxylic acids is 1. The van der Waals surface area contributed by atoms with Gasteiger partial charge in [-0.3, -0.25) is 4.79 Å². The van der Waals surface area contributed by atoms with Crippen LogP contribution in [0.1, 0.15) is 53.4 Å². The van der Waals surface area contributed by atoms with Crippen LogP contribution >= 0.6 is 0 Å². The molecule has 0 aromatic heterocycles. The minimum absolute atomic E-state index is 0.246. The zero-order valence-corrected chi connectivity index (χ0v) is 14.2. The first-order valence-corrected chi connectivity index (χ1v) is 8.56. The van der Waals surface area contributed by atoms with Gasteiger partial charge in [0.05, 0.1) is 0 Å². The monoisotopic (exact) mass is 292 g/mol. The highest BCUT2D eigenvalue weighted by atomic mass is 16.2. The van der Waals surface area contributed by atoms with Gasteiger partial charge in [-0.15, -0.1) is 0 Å². The van der Waals surface area contributed by atoms with Gasteiger partial charge in [0.15, 0.2) is 0 Å². The fraction of sp³-hybridized carbons (Fsp3) is 0.833. The van der Waals surface area contributed by atoms with Crippen molar-refractivity contribution >= 4 is 5.91 Å². The Kier molecular flexibility index (Phi) is 5.48. The van der Waals surface area contributed by atoms with Crippen LogP contribution in [-0.4, -0.2) is 37.0 Å². The Hall–Kier alpha value is -0.830. The topological polar surface area (TPSA) is 32.3 Å². The van der Waals surface area contributed by atoms with Crippen molar-refractivity contribution in [3.05, 3.63) is 11.6 Å². The summed E-state index contributed by atoms with van der Waals surface area (Å²) in [5.41, 5.74) is 1.74. The van der Waals surface area contributed by atoms with Gasteiger partial charge >= 0.3 is 0 Å². The quantitative estimate of drug-likeness (QED) is 0.810. The molecule has 2 atom stereocenters. The molecule has 0 radical (unpaired) electrons. The van der Waals surface area contributed by atoms with Gasteiger partial charge in [-0.25, -0.2) is 0 Å². The number of piperidine rings is 1. The molecule has 0 aromatic rings. The molecule has 120 valence electrons. The van der Waals surface area contributed by atoms with Gasteiger partial charge in [-0.05, 0) is 49.6 Å². The Bertz CT molecular complexity index is 389. The first-order valence-electron chi connectivity index (χ1n) is 8.56. The Morgan fingerprint density at radius 3 is 2.76 bits per heavy atom. The van der Waals surface area contributed by atoms with Crippen LogP contribution in [0.4, 0.5) is 0 Å². The maximum Gasteiger partial charge on any atom is 0.223 e. The molecular formula is C18H32N2O. The van der Waals surface area contributed by atoms with Crippen LogP contribution in [0.3, 0.4) is 0 Å². The number of amides is 1. The van der Waals surface area contributed by atoms with Crippen LogP contribution < -0.4 is 5.32 Å². The SMILES string of the molecule is CC(CC(=O)N1CC=C(C(C)(C)C)CC1)C1CCCNC1. The molecule has 0 aromatic carbocycles. The highest BCUT2D eigenvalue weighted by Crippen LogP contribution is 2.30. The molecule has 3 heteroatoms. The fourth-order valence-electron chi connectivity index (χ4n) is 3.51. The summed E-state index contributed by atoms with van der Waals surface area (Å²) in [4.78, 5) is 14.5. The van der Waals surface area contributed by atoms with E-state index in [9.17, 15) is 4.79 Å². The number of hydrogen-bond donors (Lipinski definition) is 1. The van der Waals surface area contributed by atoms with Gasteiger partial charge in [-0.2, -0.15) is 0 Å². The third kappa shape index (κ3) is 4.57. The summed E-state index contributed by atoms with van der Waals surface area (Å²) >= 11 is 0. The Morgan fingerprint density at radius 2 is 2.24 bits per heavy atom. The second kappa shape index (κ2) is 6.95. The summed E-state index contributed by atoms with van der Waals surface area (Å²) in [6.07, 6.45) is 6.55. The molecule has 1 N–H and O–H groups in total. The van der Waals surface area contributed by atoms with Gasteiger partial charge in [-0.1, -0.05) is 39.3 Å². The molecule has 21 heavy (non-hydrogen) atoms. The van der Waals surface area contributed by atoms with Crippen molar-refractivity contribution in [2.75, 3.05) is 26.2 Å². The van der Waals surface area contributed by atoms with Crippen molar-refractivity contribution < 1.29 is 4.79 Å². The number of nitrogens with zero attached hydrogens (tertiary/aromatic N) is 1. The fourth-order valence-corrected chi connectivity index (χ4v) is 3.51. The molecule has 0 spiro atoms. The van der Waals surface area contributed by atoms with E-state index in [0.717, 1.165) is 32.6 Å². The van der Waals surface area contributed by atoms with Crippen LogP contribution in [0.2, 0.25) is 0 Å². The molecule has 2 unspecified atom stereocenters. The molecule has 1 amide bonds. The summed E-state index contributed by atoms with van der Waals surface area (Å²) in [5, 5.41) is 3.46. The number of carbonyl (C=O) groups is 1. The molecule has 2 rings (SSSR count). The maximum absolute atomic E-state index is 12.5. The highest BCUT2D eigenvalue weighted by Gasteiger charge is 2.27. The highest BCUT2D eigenvalue weighted by molar-refractivity contribution is 5.76. The predicted octanol–water partition coefficient (Wildman–Crippen LogP) is 3.22. The predicted molar refractivity (Wildman–Crippen MR) is 88.1 cm³/mol. The van der Waals surface area contributed by atoms with E-state index in [1.807, 2.05) is 4.90 Å². The molecule has 1 saturated heterocycles. The Morgan fingerprint density at radius 1 is 1.48 bits per heavy atom. The zero-order chi connectivity index (χ0) is 15.5. The molecule has 2 aliphatic rings. The Labute approximate surface area is 130 Å². The van der Waals surface area contributed by atoms with Crippen LogP contribution in [0.25, 0.3) is 0 Å². The van der Waals surface area contributed by atoms with Crippen molar-refractivity contribution in [2.45, 2.75) is 53.4 Å². The van der Waals surface area contributed by atoms with Crippen LogP contribution in [0.15, 0.2) is 11.6 Å². The average Bonchev–Trinajstić information content (AvgIpc) is 2.47. The largest absolute Gasteiger partial charge is 0.339 e. The van der Waals surface area contributed by atoms with E-state index in [4.69, 9.17) is 0 Å². The minimum atomic E-state index is 0.246. The number of hydrogen-bond acceptors (Lipinski definition) is 2. The number of rotatable bonds is 3. The van der Waals surface area contributed by atoms with E-state index in [0.29, 0.717) is 24.2 Å². The maximum atomic E-state index is 12.5. The van der Waals surface area contributed by atoms with E-state index < -0.39 is 0 Å². The molecular weight excluding hydrogens is 260 g/mol. The molecule has 3 nitrogen and oxygen atoms in total. The van der Waals surface area contributed by atoms with Gasteiger partial charge < -0.3 is 10.2 Å². The van der Waals surface area contributed by atoms with E-state index in [1.54, 1.807) is 0 Å². The lowest BCUT2D eigenvalue weighted by molar-refractivity contribution is -0.132. The summed E-state index contributed by atoms with van der Waals surface area (Å²) in [6, 6.07) is 0. The third-order valence-electron chi connectivity index (χ3n) is 5.16. The van der Waals surface area contributed by atoms with Crippen LogP contribution in [0, 0.1) is 17.3 Å². The molecule has 0 bridgehead atoms. The molecule has 2 heterocycles. The van der Waals surface area contributed by atoms with Crippen molar-refractivity contribution in [2.24, 2.45) is 17.3 Å². The first kappa shape index (κ1) is 16.5. The molecule has 0 saturated carbocycles. The second-order valence-corrected chi connectivity index (χ2v) is 7.86. The summed E-state index contributed by atoms with van der Waals surface area (Å²) in [5.74, 6) is 1.52.